The lowest BCUT2D eigenvalue weighted by Crippen LogP contribution is -2.24. The van der Waals surface area contributed by atoms with Crippen molar-refractivity contribution in [1.29, 1.82) is 0 Å². The van der Waals surface area contributed by atoms with Crippen molar-refractivity contribution in [2.75, 3.05) is 18.3 Å². The molecule has 0 radical (unpaired) electrons. The van der Waals surface area contributed by atoms with Crippen LogP contribution in [-0.2, 0) is 10.5 Å². The number of nitro benzene ring substituents is 1. The first-order chi connectivity index (χ1) is 12.9. The van der Waals surface area contributed by atoms with Gasteiger partial charge in [-0.1, -0.05) is 6.07 Å². The predicted octanol–water partition coefficient (Wildman–Crippen LogP) is 2.42. The van der Waals surface area contributed by atoms with Gasteiger partial charge in [-0.2, -0.15) is 16.9 Å². The zero-order valence-corrected chi connectivity index (χ0v) is 15.6. The van der Waals surface area contributed by atoms with Gasteiger partial charge in [-0.05, 0) is 36.8 Å². The summed E-state index contributed by atoms with van der Waals surface area (Å²) in [5.74, 6) is -0.108. The number of ether oxygens (including phenoxy) is 1. The summed E-state index contributed by atoms with van der Waals surface area (Å²) in [6, 6.07) is 11.5. The fourth-order valence-corrected chi connectivity index (χ4v) is 2.98. The zero-order valence-electron chi connectivity index (χ0n) is 14.8. The third kappa shape index (κ3) is 6.00. The number of nitrogens with one attached hydrogen (secondary N) is 1. The summed E-state index contributed by atoms with van der Waals surface area (Å²) in [4.78, 5) is 20.9. The largest absolute Gasteiger partial charge is 0.549 e. The molecule has 0 aromatic heterocycles. The molecule has 1 N–H and O–H groups in total. The molecule has 0 aliphatic heterocycles. The number of aliphatic carboxylic acids is 1. The van der Waals surface area contributed by atoms with E-state index in [-0.39, 0.29) is 11.4 Å². The second-order valence-corrected chi connectivity index (χ2v) is 6.49. The normalized spacial score (nSPS) is 11.1. The van der Waals surface area contributed by atoms with Crippen LogP contribution in [0.2, 0.25) is 0 Å². The van der Waals surface area contributed by atoms with E-state index in [1.807, 2.05) is 12.1 Å². The molecule has 0 unspecified atom stereocenters. The van der Waals surface area contributed by atoms with Crippen LogP contribution in [0.25, 0.3) is 0 Å². The number of benzene rings is 2. The zero-order chi connectivity index (χ0) is 19.8. The van der Waals surface area contributed by atoms with Gasteiger partial charge in [0.2, 0.25) is 0 Å². The van der Waals surface area contributed by atoms with E-state index in [0.717, 1.165) is 11.1 Å². The number of nitrogens with zero attached hydrogens (tertiary/aromatic N) is 2. The van der Waals surface area contributed by atoms with Crippen LogP contribution in [0.1, 0.15) is 18.1 Å². The number of thioether (sulfide) groups is 1. The number of carbonyl (C=O) groups is 1. The number of nitro groups is 1. The Morgan fingerprint density at radius 2 is 2.07 bits per heavy atom. The Hall–Kier alpha value is -3.07. The molecule has 142 valence electrons. The summed E-state index contributed by atoms with van der Waals surface area (Å²) in [5, 5.41) is 25.7. The number of non-ortho nitro benzene ring substituents is 1. The van der Waals surface area contributed by atoms with Gasteiger partial charge in [0.1, 0.15) is 5.75 Å². The highest BCUT2D eigenvalue weighted by Gasteiger charge is 2.08. The van der Waals surface area contributed by atoms with Gasteiger partial charge in [-0.25, -0.2) is 0 Å². The number of carboxylic acid groups (broad SMARTS) is 1. The molecule has 0 fully saturated rings. The van der Waals surface area contributed by atoms with E-state index in [0.29, 0.717) is 22.9 Å². The Kier molecular flexibility index (Phi) is 7.18. The molecular weight excluding hydrogens is 370 g/mol. The van der Waals surface area contributed by atoms with Crippen molar-refractivity contribution in [2.45, 2.75) is 12.7 Å². The SMILES string of the molecule is COc1ccc(/C(C)=N\Nc2cccc([N+](=O)[O-])c2)cc1CSCC(=O)[O-]. The van der Waals surface area contributed by atoms with Crippen molar-refractivity contribution < 1.29 is 19.6 Å². The number of anilines is 1. The first kappa shape index (κ1) is 20.2. The predicted molar refractivity (Wildman–Crippen MR) is 103 cm³/mol. The maximum atomic E-state index is 10.8. The van der Waals surface area contributed by atoms with Crippen molar-refractivity contribution in [2.24, 2.45) is 5.10 Å². The Bertz CT molecular complexity index is 870. The van der Waals surface area contributed by atoms with Crippen LogP contribution in [0, 0.1) is 10.1 Å². The quantitative estimate of drug-likeness (QED) is 0.398. The molecule has 2 aromatic rings. The second kappa shape index (κ2) is 9.58. The number of rotatable bonds is 9. The molecule has 0 spiro atoms. The fourth-order valence-electron chi connectivity index (χ4n) is 2.26. The summed E-state index contributed by atoms with van der Waals surface area (Å²) < 4.78 is 5.31. The molecule has 0 aliphatic rings. The molecule has 0 atom stereocenters. The van der Waals surface area contributed by atoms with Crippen LogP contribution < -0.4 is 15.3 Å². The van der Waals surface area contributed by atoms with Gasteiger partial charge in [0.25, 0.3) is 5.69 Å². The molecule has 27 heavy (non-hydrogen) atoms. The van der Waals surface area contributed by atoms with E-state index in [4.69, 9.17) is 4.74 Å². The molecule has 0 heterocycles. The van der Waals surface area contributed by atoms with Gasteiger partial charge in [0.15, 0.2) is 0 Å². The molecule has 2 rings (SSSR count). The van der Waals surface area contributed by atoms with E-state index in [1.54, 1.807) is 32.2 Å². The molecule has 0 saturated carbocycles. The third-order valence-electron chi connectivity index (χ3n) is 3.59. The Morgan fingerprint density at radius 3 is 2.74 bits per heavy atom. The molecule has 0 saturated heterocycles. The molecule has 0 amide bonds. The smallest absolute Gasteiger partial charge is 0.271 e. The highest BCUT2D eigenvalue weighted by atomic mass is 32.2. The lowest BCUT2D eigenvalue weighted by atomic mass is 10.1. The van der Waals surface area contributed by atoms with Crippen LogP contribution in [-0.4, -0.2) is 29.5 Å². The Morgan fingerprint density at radius 1 is 1.30 bits per heavy atom. The summed E-state index contributed by atoms with van der Waals surface area (Å²) >= 11 is 1.22. The maximum Gasteiger partial charge on any atom is 0.271 e. The van der Waals surface area contributed by atoms with Crippen LogP contribution in [0.5, 0.6) is 5.75 Å². The number of hydrogen-bond donors (Lipinski definition) is 1. The second-order valence-electron chi connectivity index (χ2n) is 5.51. The van der Waals surface area contributed by atoms with Crippen molar-refractivity contribution in [1.82, 2.24) is 0 Å². The first-order valence-electron chi connectivity index (χ1n) is 7.90. The van der Waals surface area contributed by atoms with E-state index < -0.39 is 10.9 Å². The lowest BCUT2D eigenvalue weighted by Gasteiger charge is -2.11. The van der Waals surface area contributed by atoms with Gasteiger partial charge < -0.3 is 14.6 Å². The molecule has 9 heteroatoms. The molecule has 0 aliphatic carbocycles. The van der Waals surface area contributed by atoms with Crippen LogP contribution in [0.15, 0.2) is 47.6 Å². The van der Waals surface area contributed by atoms with E-state index >= 15 is 0 Å². The topological polar surface area (TPSA) is 117 Å². The minimum absolute atomic E-state index is 0.0236. The summed E-state index contributed by atoms with van der Waals surface area (Å²) in [5.41, 5.74) is 5.60. The highest BCUT2D eigenvalue weighted by Crippen LogP contribution is 2.25. The van der Waals surface area contributed by atoms with Gasteiger partial charge in [-0.15, -0.1) is 0 Å². The molecular formula is C18H18N3O5S-. The number of carboxylic acids is 1. The van der Waals surface area contributed by atoms with Crippen molar-refractivity contribution >= 4 is 34.8 Å². The third-order valence-corrected chi connectivity index (χ3v) is 4.54. The molecule has 0 bridgehead atoms. The van der Waals surface area contributed by atoms with Gasteiger partial charge in [0, 0.05) is 29.2 Å². The first-order valence-corrected chi connectivity index (χ1v) is 9.06. The summed E-state index contributed by atoms with van der Waals surface area (Å²) in [7, 11) is 1.55. The molecule has 8 nitrogen and oxygen atoms in total. The van der Waals surface area contributed by atoms with E-state index in [2.05, 4.69) is 10.5 Å². The minimum atomic E-state index is -1.12. The van der Waals surface area contributed by atoms with Crippen molar-refractivity contribution in [3.63, 3.8) is 0 Å². The minimum Gasteiger partial charge on any atom is -0.549 e. The number of hydrogen-bond acceptors (Lipinski definition) is 8. The number of carbonyl (C=O) groups excluding carboxylic acids is 1. The van der Waals surface area contributed by atoms with E-state index in [1.165, 1.54) is 23.9 Å². The van der Waals surface area contributed by atoms with Gasteiger partial charge >= 0.3 is 0 Å². The van der Waals surface area contributed by atoms with Crippen LogP contribution >= 0.6 is 11.8 Å². The number of methoxy groups -OCH3 is 1. The van der Waals surface area contributed by atoms with Gasteiger partial charge in [0.05, 0.1) is 29.4 Å². The van der Waals surface area contributed by atoms with Crippen molar-refractivity contribution in [3.8, 4) is 5.75 Å². The van der Waals surface area contributed by atoms with Crippen molar-refractivity contribution in [3.05, 3.63) is 63.7 Å². The van der Waals surface area contributed by atoms with Crippen LogP contribution in [0.4, 0.5) is 11.4 Å². The maximum absolute atomic E-state index is 10.8. The summed E-state index contributed by atoms with van der Waals surface area (Å²) in [6.07, 6.45) is 0. The Balaban J connectivity index is 2.15. The average Bonchev–Trinajstić information content (AvgIpc) is 2.66. The summed E-state index contributed by atoms with van der Waals surface area (Å²) in [6.45, 7) is 1.80. The van der Waals surface area contributed by atoms with Gasteiger partial charge in [-0.3, -0.25) is 15.5 Å². The number of hydrazone groups is 1. The fraction of sp³-hybridized carbons (Fsp3) is 0.222. The van der Waals surface area contributed by atoms with E-state index in [9.17, 15) is 20.0 Å². The monoisotopic (exact) mass is 388 g/mol. The van der Waals surface area contributed by atoms with Crippen LogP contribution in [0.3, 0.4) is 0 Å². The highest BCUT2D eigenvalue weighted by molar-refractivity contribution is 7.99. The average molecular weight is 388 g/mol. The standard InChI is InChI=1S/C18H19N3O5S/c1-12(19-20-15-4-3-5-16(9-15)21(24)25)13-6-7-17(26-2)14(8-13)10-27-11-18(22)23/h3-9,20H,10-11H2,1-2H3,(H,22,23)/p-1/b19-12-. The lowest BCUT2D eigenvalue weighted by molar-refractivity contribution is -0.384. The Labute approximate surface area is 160 Å². The molecule has 2 aromatic carbocycles.